The van der Waals surface area contributed by atoms with E-state index in [1.807, 2.05) is 0 Å². The first-order valence-corrected chi connectivity index (χ1v) is 8.66. The number of anilines is 1. The van der Waals surface area contributed by atoms with Gasteiger partial charge < -0.3 is 20.4 Å². The molecule has 11 heteroatoms. The van der Waals surface area contributed by atoms with E-state index >= 15 is 0 Å². The third-order valence-corrected chi connectivity index (χ3v) is 4.38. The molecule has 0 fully saturated rings. The van der Waals surface area contributed by atoms with Crippen LogP contribution in [-0.4, -0.2) is 28.4 Å². The van der Waals surface area contributed by atoms with E-state index in [0.29, 0.717) is 23.1 Å². The maximum Gasteiger partial charge on any atom is 0.416 e. The zero-order valence-electron chi connectivity index (χ0n) is 15.1. The van der Waals surface area contributed by atoms with Gasteiger partial charge in [0, 0.05) is 6.54 Å². The van der Waals surface area contributed by atoms with Crippen molar-refractivity contribution in [3.63, 3.8) is 0 Å². The van der Waals surface area contributed by atoms with Crippen LogP contribution in [0, 0.1) is 0 Å². The number of nitrogens with one attached hydrogen (secondary N) is 3. The first-order valence-electron chi connectivity index (χ1n) is 8.66. The van der Waals surface area contributed by atoms with Gasteiger partial charge >= 0.3 is 6.18 Å². The maximum absolute atomic E-state index is 12.9. The number of aromatic nitrogens is 2. The van der Waals surface area contributed by atoms with Gasteiger partial charge in [-0.25, -0.2) is 4.98 Å². The standard InChI is InChI=1S/C19H13F3N4O4/c20-19(21,22)10-2-3-11-12(6-10)25-16(26-17(11)28)18(29)23-7-9-1-4-14-13(5-9)24-15(27)8-30-14/h1-6H,7-8H2,(H,23,29)(H,24,27)(H,25,26,28). The fraction of sp³-hybridized carbons (Fsp3) is 0.158. The highest BCUT2D eigenvalue weighted by Gasteiger charge is 2.31. The lowest BCUT2D eigenvalue weighted by Gasteiger charge is -2.18. The van der Waals surface area contributed by atoms with Gasteiger partial charge in [0.1, 0.15) is 5.75 Å². The van der Waals surface area contributed by atoms with Gasteiger partial charge in [-0.05, 0) is 35.9 Å². The Hall–Kier alpha value is -3.89. The molecule has 0 saturated carbocycles. The number of rotatable bonds is 3. The summed E-state index contributed by atoms with van der Waals surface area (Å²) in [6.45, 7) is -0.0630. The van der Waals surface area contributed by atoms with Crippen molar-refractivity contribution in [2.45, 2.75) is 12.7 Å². The van der Waals surface area contributed by atoms with Gasteiger partial charge in [-0.15, -0.1) is 0 Å². The van der Waals surface area contributed by atoms with Gasteiger partial charge in [-0.1, -0.05) is 6.07 Å². The van der Waals surface area contributed by atoms with Crippen molar-refractivity contribution in [2.24, 2.45) is 0 Å². The van der Waals surface area contributed by atoms with E-state index in [1.165, 1.54) is 0 Å². The van der Waals surface area contributed by atoms with Crippen molar-refractivity contribution in [1.29, 1.82) is 0 Å². The molecular formula is C19H13F3N4O4. The number of amides is 2. The van der Waals surface area contributed by atoms with Gasteiger partial charge in [0.15, 0.2) is 12.4 Å². The minimum atomic E-state index is -4.60. The molecule has 0 spiro atoms. The molecule has 0 unspecified atom stereocenters. The number of aromatic amines is 1. The Bertz CT molecular complexity index is 1240. The zero-order valence-corrected chi connectivity index (χ0v) is 15.1. The summed E-state index contributed by atoms with van der Waals surface area (Å²) in [4.78, 5) is 42.0. The summed E-state index contributed by atoms with van der Waals surface area (Å²) < 4.78 is 43.9. The largest absolute Gasteiger partial charge is 0.482 e. The Kier molecular flexibility index (Phi) is 4.65. The van der Waals surface area contributed by atoms with Crippen molar-refractivity contribution < 1.29 is 27.5 Å². The lowest BCUT2D eigenvalue weighted by atomic mass is 10.1. The van der Waals surface area contributed by atoms with Crippen LogP contribution < -0.4 is 20.9 Å². The van der Waals surface area contributed by atoms with Crippen molar-refractivity contribution in [3.8, 4) is 5.75 Å². The van der Waals surface area contributed by atoms with Gasteiger partial charge in [0.05, 0.1) is 22.2 Å². The maximum atomic E-state index is 12.9. The summed E-state index contributed by atoms with van der Waals surface area (Å²) >= 11 is 0. The molecule has 3 N–H and O–H groups in total. The molecule has 4 rings (SSSR count). The second kappa shape index (κ2) is 7.17. The molecule has 1 aromatic heterocycles. The average Bonchev–Trinajstić information content (AvgIpc) is 2.70. The van der Waals surface area contributed by atoms with Gasteiger partial charge in [0.2, 0.25) is 0 Å². The molecule has 2 aromatic carbocycles. The molecule has 2 amide bonds. The second-order valence-electron chi connectivity index (χ2n) is 6.49. The molecule has 0 bridgehead atoms. The van der Waals surface area contributed by atoms with Crippen LogP contribution >= 0.6 is 0 Å². The van der Waals surface area contributed by atoms with Crippen molar-refractivity contribution in [3.05, 3.63) is 63.7 Å². The first kappa shape index (κ1) is 19.4. The van der Waals surface area contributed by atoms with Gasteiger partial charge in [-0.3, -0.25) is 14.4 Å². The number of benzene rings is 2. The van der Waals surface area contributed by atoms with Crippen LogP contribution in [0.25, 0.3) is 10.9 Å². The Balaban J connectivity index is 1.55. The van der Waals surface area contributed by atoms with Crippen LogP contribution in [0.5, 0.6) is 5.75 Å². The number of alkyl halides is 3. The summed E-state index contributed by atoms with van der Waals surface area (Å²) in [5.74, 6) is -1.00. The number of halogens is 3. The van der Waals surface area contributed by atoms with Crippen LogP contribution in [0.3, 0.4) is 0 Å². The molecule has 0 aliphatic carbocycles. The quantitative estimate of drug-likeness (QED) is 0.604. The molecule has 0 radical (unpaired) electrons. The van der Waals surface area contributed by atoms with E-state index in [1.54, 1.807) is 18.2 Å². The molecule has 2 heterocycles. The van der Waals surface area contributed by atoms with E-state index in [-0.39, 0.29) is 30.0 Å². The number of nitrogens with zero attached hydrogens (tertiary/aromatic N) is 1. The number of ether oxygens (including phenoxy) is 1. The number of carbonyl (C=O) groups is 2. The van der Waals surface area contributed by atoms with E-state index in [2.05, 4.69) is 20.6 Å². The van der Waals surface area contributed by atoms with Crippen molar-refractivity contribution >= 4 is 28.4 Å². The summed E-state index contributed by atoms with van der Waals surface area (Å²) in [5.41, 5.74) is -0.872. The number of hydrogen-bond acceptors (Lipinski definition) is 5. The minimum absolute atomic E-state index is 0.0202. The predicted octanol–water partition coefficient (Wildman–Crippen LogP) is 2.20. The van der Waals surface area contributed by atoms with Gasteiger partial charge in [0.25, 0.3) is 17.4 Å². The number of hydrogen-bond donors (Lipinski definition) is 3. The Morgan fingerprint density at radius 3 is 2.73 bits per heavy atom. The SMILES string of the molecule is O=C1COc2ccc(CNC(=O)c3nc4cc(C(F)(F)F)ccc4c(=O)[nH]3)cc2N1. The van der Waals surface area contributed by atoms with E-state index in [9.17, 15) is 27.6 Å². The molecule has 1 aliphatic heterocycles. The second-order valence-corrected chi connectivity index (χ2v) is 6.49. The Labute approximate surface area is 166 Å². The van der Waals surface area contributed by atoms with Crippen molar-refractivity contribution in [2.75, 3.05) is 11.9 Å². The minimum Gasteiger partial charge on any atom is -0.482 e. The Morgan fingerprint density at radius 2 is 1.97 bits per heavy atom. The normalized spacial score (nSPS) is 13.4. The Morgan fingerprint density at radius 1 is 1.17 bits per heavy atom. The monoisotopic (exact) mass is 418 g/mol. The van der Waals surface area contributed by atoms with E-state index in [4.69, 9.17) is 4.74 Å². The number of H-pyrrole nitrogens is 1. The summed E-state index contributed by atoms with van der Waals surface area (Å²) in [6, 6.07) is 7.41. The van der Waals surface area contributed by atoms with Crippen LogP contribution in [-0.2, 0) is 17.5 Å². The van der Waals surface area contributed by atoms with Gasteiger partial charge in [-0.2, -0.15) is 13.2 Å². The summed E-state index contributed by atoms with van der Waals surface area (Å²) in [6.07, 6.45) is -4.60. The first-order chi connectivity index (χ1) is 14.2. The molecule has 1 aliphatic rings. The molecule has 3 aromatic rings. The highest BCUT2D eigenvalue weighted by atomic mass is 19.4. The summed E-state index contributed by atoms with van der Waals surface area (Å²) in [5, 5.41) is 5.09. The fourth-order valence-corrected chi connectivity index (χ4v) is 2.93. The van der Waals surface area contributed by atoms with Crippen LogP contribution in [0.4, 0.5) is 18.9 Å². The number of carbonyl (C=O) groups excluding carboxylic acids is 2. The van der Waals surface area contributed by atoms with Crippen molar-refractivity contribution in [1.82, 2.24) is 15.3 Å². The van der Waals surface area contributed by atoms with Crippen LogP contribution in [0.15, 0.2) is 41.2 Å². The third-order valence-electron chi connectivity index (χ3n) is 4.38. The highest BCUT2D eigenvalue weighted by molar-refractivity contribution is 5.95. The van der Waals surface area contributed by atoms with E-state index < -0.39 is 29.0 Å². The highest BCUT2D eigenvalue weighted by Crippen LogP contribution is 2.30. The molecule has 0 atom stereocenters. The smallest absolute Gasteiger partial charge is 0.416 e. The zero-order chi connectivity index (χ0) is 21.5. The molecule has 0 saturated heterocycles. The number of fused-ring (bicyclic) bond motifs is 2. The van der Waals surface area contributed by atoms with Crippen LogP contribution in [0.2, 0.25) is 0 Å². The molecule has 8 nitrogen and oxygen atoms in total. The lowest BCUT2D eigenvalue weighted by Crippen LogP contribution is -2.28. The molecule has 30 heavy (non-hydrogen) atoms. The average molecular weight is 418 g/mol. The molecule has 154 valence electrons. The third kappa shape index (κ3) is 3.81. The lowest BCUT2D eigenvalue weighted by molar-refractivity contribution is -0.137. The van der Waals surface area contributed by atoms with Crippen LogP contribution in [0.1, 0.15) is 21.7 Å². The topological polar surface area (TPSA) is 113 Å². The summed E-state index contributed by atoms with van der Waals surface area (Å²) in [7, 11) is 0. The fourth-order valence-electron chi connectivity index (χ4n) is 2.93. The predicted molar refractivity (Wildman–Crippen MR) is 99.1 cm³/mol. The van der Waals surface area contributed by atoms with E-state index in [0.717, 1.165) is 12.1 Å². The molecular weight excluding hydrogens is 405 g/mol.